The number of ether oxygens (including phenoxy) is 1. The lowest BCUT2D eigenvalue weighted by Crippen LogP contribution is -2.44. The van der Waals surface area contributed by atoms with Crippen LogP contribution in [0.1, 0.15) is 5.56 Å². The summed E-state index contributed by atoms with van der Waals surface area (Å²) in [4.78, 5) is 1.45. The van der Waals surface area contributed by atoms with Crippen LogP contribution in [0.15, 0.2) is 0 Å². The summed E-state index contributed by atoms with van der Waals surface area (Å²) in [5, 5.41) is 3.08. The van der Waals surface area contributed by atoms with Gasteiger partial charge in [-0.25, -0.2) is 22.0 Å². The lowest BCUT2D eigenvalue weighted by molar-refractivity contribution is 0.00847. The zero-order chi connectivity index (χ0) is 15.6. The Morgan fingerprint density at radius 2 is 1.62 bits per heavy atom. The number of benzene rings is 1. The van der Waals surface area contributed by atoms with Gasteiger partial charge in [0.1, 0.15) is 0 Å². The zero-order valence-electron chi connectivity index (χ0n) is 11.4. The van der Waals surface area contributed by atoms with Crippen molar-refractivity contribution in [1.82, 2.24) is 10.2 Å². The van der Waals surface area contributed by atoms with E-state index in [1.165, 1.54) is 11.9 Å². The summed E-state index contributed by atoms with van der Waals surface area (Å²) in [6.07, 6.45) is -0.190. The topological polar surface area (TPSA) is 24.5 Å². The maximum absolute atomic E-state index is 13.6. The Balaban J connectivity index is 2.11. The number of hydrogen-bond acceptors (Lipinski definition) is 3. The van der Waals surface area contributed by atoms with Crippen LogP contribution in [0.25, 0.3) is 0 Å². The van der Waals surface area contributed by atoms with Gasteiger partial charge in [-0.3, -0.25) is 4.90 Å². The van der Waals surface area contributed by atoms with Crippen molar-refractivity contribution in [3.05, 3.63) is 34.6 Å². The predicted molar refractivity (Wildman–Crippen MR) is 65.2 cm³/mol. The second-order valence-corrected chi connectivity index (χ2v) is 4.94. The molecule has 1 aliphatic heterocycles. The van der Waals surface area contributed by atoms with Crippen molar-refractivity contribution in [2.45, 2.75) is 12.6 Å². The molecule has 118 valence electrons. The summed E-state index contributed by atoms with van der Waals surface area (Å²) < 4.78 is 71.6. The van der Waals surface area contributed by atoms with Crippen molar-refractivity contribution in [1.29, 1.82) is 0 Å². The molecule has 1 N–H and O–H groups in total. The van der Waals surface area contributed by atoms with Gasteiger partial charge in [-0.2, -0.15) is 0 Å². The Morgan fingerprint density at radius 1 is 1.05 bits per heavy atom. The molecular weight excluding hydrogens is 295 g/mol. The molecule has 1 aliphatic rings. The number of morpholine rings is 1. The molecule has 1 aromatic rings. The maximum atomic E-state index is 13.6. The molecule has 0 bridgehead atoms. The molecule has 0 aromatic heterocycles. The van der Waals surface area contributed by atoms with Crippen LogP contribution in [-0.4, -0.2) is 44.3 Å². The smallest absolute Gasteiger partial charge is 0.200 e. The van der Waals surface area contributed by atoms with Crippen LogP contribution < -0.4 is 5.32 Å². The number of nitrogens with zero attached hydrogens (tertiary/aromatic N) is 1. The Labute approximate surface area is 118 Å². The average molecular weight is 310 g/mol. The maximum Gasteiger partial charge on any atom is 0.200 e. The molecule has 0 radical (unpaired) electrons. The molecular formula is C13H15F5N2O. The van der Waals surface area contributed by atoms with Crippen LogP contribution in [0, 0.1) is 29.1 Å². The third-order valence-electron chi connectivity index (χ3n) is 3.25. The summed E-state index contributed by atoms with van der Waals surface area (Å²) in [6.45, 7) is 1.72. The number of nitrogens with one attached hydrogen (secondary N) is 1. The Hall–Kier alpha value is -1.25. The van der Waals surface area contributed by atoms with Crippen LogP contribution in [0.3, 0.4) is 0 Å². The molecule has 1 heterocycles. The van der Waals surface area contributed by atoms with Crippen molar-refractivity contribution < 1.29 is 26.7 Å². The van der Waals surface area contributed by atoms with Gasteiger partial charge in [-0.1, -0.05) is 0 Å². The Bertz CT molecular complexity index is 491. The molecule has 1 saturated heterocycles. The van der Waals surface area contributed by atoms with Gasteiger partial charge in [-0.05, 0) is 7.05 Å². The third-order valence-corrected chi connectivity index (χ3v) is 3.25. The van der Waals surface area contributed by atoms with Gasteiger partial charge in [-0.15, -0.1) is 0 Å². The quantitative estimate of drug-likeness (QED) is 0.521. The van der Waals surface area contributed by atoms with Gasteiger partial charge in [0.25, 0.3) is 0 Å². The minimum absolute atomic E-state index is 0.190. The predicted octanol–water partition coefficient (Wildman–Crippen LogP) is 1.80. The first-order chi connectivity index (χ1) is 9.91. The van der Waals surface area contributed by atoms with E-state index in [-0.39, 0.29) is 6.10 Å². The van der Waals surface area contributed by atoms with E-state index in [0.29, 0.717) is 19.7 Å². The Kier molecular flexibility index (Phi) is 5.13. The van der Waals surface area contributed by atoms with Crippen molar-refractivity contribution in [3.8, 4) is 0 Å². The van der Waals surface area contributed by atoms with E-state index in [2.05, 4.69) is 5.32 Å². The van der Waals surface area contributed by atoms with Crippen molar-refractivity contribution in [3.63, 3.8) is 0 Å². The average Bonchev–Trinajstić information content (AvgIpc) is 2.48. The first kappa shape index (κ1) is 16.1. The number of hydrogen-bond donors (Lipinski definition) is 1. The summed E-state index contributed by atoms with van der Waals surface area (Å²) >= 11 is 0. The monoisotopic (exact) mass is 310 g/mol. The van der Waals surface area contributed by atoms with Crippen molar-refractivity contribution in [2.75, 3.05) is 33.3 Å². The molecule has 0 saturated carbocycles. The van der Waals surface area contributed by atoms with E-state index in [4.69, 9.17) is 4.74 Å². The molecule has 1 atom stereocenters. The van der Waals surface area contributed by atoms with Crippen LogP contribution in [0.4, 0.5) is 22.0 Å². The molecule has 1 aromatic carbocycles. The highest BCUT2D eigenvalue weighted by Crippen LogP contribution is 2.24. The molecule has 1 fully saturated rings. The van der Waals surface area contributed by atoms with E-state index < -0.39 is 41.2 Å². The van der Waals surface area contributed by atoms with Crippen LogP contribution >= 0.6 is 0 Å². The normalized spacial score (nSPS) is 19.3. The highest BCUT2D eigenvalue weighted by molar-refractivity contribution is 5.24. The highest BCUT2D eigenvalue weighted by atomic mass is 19.2. The summed E-state index contributed by atoms with van der Waals surface area (Å²) in [7, 11) is 1.52. The SMILES string of the molecule is CN(Cc1c(F)c(F)c(F)c(F)c1F)CC1CNCCO1. The van der Waals surface area contributed by atoms with E-state index >= 15 is 0 Å². The fraction of sp³-hybridized carbons (Fsp3) is 0.538. The minimum Gasteiger partial charge on any atom is -0.374 e. The Morgan fingerprint density at radius 3 is 2.14 bits per heavy atom. The highest BCUT2D eigenvalue weighted by Gasteiger charge is 2.26. The second-order valence-electron chi connectivity index (χ2n) is 4.94. The van der Waals surface area contributed by atoms with Crippen molar-refractivity contribution >= 4 is 0 Å². The van der Waals surface area contributed by atoms with E-state index in [9.17, 15) is 22.0 Å². The van der Waals surface area contributed by atoms with Crippen LogP contribution in [0.2, 0.25) is 0 Å². The summed E-state index contributed by atoms with van der Waals surface area (Å²) in [5.41, 5.74) is -0.835. The largest absolute Gasteiger partial charge is 0.374 e. The first-order valence-electron chi connectivity index (χ1n) is 6.43. The fourth-order valence-corrected chi connectivity index (χ4v) is 2.21. The molecule has 0 amide bonds. The van der Waals surface area contributed by atoms with E-state index in [1.54, 1.807) is 0 Å². The molecule has 21 heavy (non-hydrogen) atoms. The summed E-state index contributed by atoms with van der Waals surface area (Å²) in [6, 6.07) is 0. The van der Waals surface area contributed by atoms with Crippen molar-refractivity contribution in [2.24, 2.45) is 0 Å². The van der Waals surface area contributed by atoms with E-state index in [1.807, 2.05) is 0 Å². The van der Waals surface area contributed by atoms with E-state index in [0.717, 1.165) is 6.54 Å². The number of likely N-dealkylation sites (N-methyl/N-ethyl adjacent to an activating group) is 1. The molecule has 3 nitrogen and oxygen atoms in total. The van der Waals surface area contributed by atoms with Crippen LogP contribution in [0.5, 0.6) is 0 Å². The lowest BCUT2D eigenvalue weighted by Gasteiger charge is -2.28. The zero-order valence-corrected chi connectivity index (χ0v) is 11.4. The molecule has 0 aliphatic carbocycles. The lowest BCUT2D eigenvalue weighted by atomic mass is 10.1. The molecule has 8 heteroatoms. The molecule has 0 spiro atoms. The molecule has 2 rings (SSSR count). The van der Waals surface area contributed by atoms with Gasteiger partial charge < -0.3 is 10.1 Å². The van der Waals surface area contributed by atoms with Gasteiger partial charge in [0.2, 0.25) is 5.82 Å². The van der Waals surface area contributed by atoms with Gasteiger partial charge in [0, 0.05) is 31.7 Å². The summed E-state index contributed by atoms with van der Waals surface area (Å²) in [5.74, 6) is -9.57. The third kappa shape index (κ3) is 3.50. The van der Waals surface area contributed by atoms with Gasteiger partial charge >= 0.3 is 0 Å². The molecule has 1 unspecified atom stereocenters. The second kappa shape index (κ2) is 6.67. The first-order valence-corrected chi connectivity index (χ1v) is 6.43. The van der Waals surface area contributed by atoms with Gasteiger partial charge in [0.15, 0.2) is 23.3 Å². The fourth-order valence-electron chi connectivity index (χ4n) is 2.21. The number of rotatable bonds is 4. The minimum atomic E-state index is -2.14. The van der Waals surface area contributed by atoms with Crippen LogP contribution in [-0.2, 0) is 11.3 Å². The standard InChI is InChI=1S/C13H15F5N2O/c1-20(5-7-4-19-2-3-21-7)6-8-9(14)11(16)13(18)12(17)10(8)15/h7,19H,2-6H2,1H3. The van der Waals surface area contributed by atoms with Gasteiger partial charge in [0.05, 0.1) is 12.7 Å². The number of halogens is 5.